The van der Waals surface area contributed by atoms with E-state index in [1.165, 1.54) is 6.07 Å². The highest BCUT2D eigenvalue weighted by molar-refractivity contribution is 7.20. The summed E-state index contributed by atoms with van der Waals surface area (Å²) in [4.78, 5) is 0. The predicted octanol–water partition coefficient (Wildman–Crippen LogP) is 9.16. The highest BCUT2D eigenvalue weighted by atomic mass is 19.2. The van der Waals surface area contributed by atoms with Gasteiger partial charge in [0.2, 0.25) is 5.52 Å². The van der Waals surface area contributed by atoms with Crippen LogP contribution in [0.3, 0.4) is 0 Å². The molecule has 0 spiro atoms. The molecule has 6 aromatic carbocycles. The first-order valence-electron chi connectivity index (χ1n) is 16.9. The van der Waals surface area contributed by atoms with E-state index in [1.807, 2.05) is 60.7 Å². The van der Waals surface area contributed by atoms with E-state index in [-0.39, 0.29) is 5.95 Å². The van der Waals surface area contributed by atoms with Crippen LogP contribution in [-0.2, 0) is 6.54 Å². The van der Waals surface area contributed by atoms with Crippen LogP contribution in [0.1, 0.15) is 5.56 Å². The van der Waals surface area contributed by atoms with Crippen LogP contribution in [0.4, 0.5) is 92.2 Å². The third-order valence-electron chi connectivity index (χ3n) is 9.78. The average Bonchev–Trinajstić information content (AvgIpc) is 3.27. The number of aromatic nitrogens is 1. The SMILES string of the molecule is Fc1c(F)c(F)c([B-](c2c(F)c(F)c(F)c(F)c2F)(c2c(F)c(F)c(F)c(F)c2F)c2c(F)c(F)c(F)c(F)c2F)c(F)c1F.Fc1ccc2ccccc2[n+]1Cc1ccccc1. The summed E-state index contributed by atoms with van der Waals surface area (Å²) in [6.45, 7) is 0.550. The molecule has 0 amide bonds. The standard InChI is InChI=1S/C24BF20.C16H13FN/c26-5-1(6(27)14(35)21(42)13(5)34)25(2-7(28)15(36)22(43)16(37)8(2)29,3-9(30)17(38)23(44)18(39)10(3)31)4-11(32)19(40)24(45)20(41)12(4)33;17-16-11-10-14-8-4-5-9-15(14)18(16)12-13-6-2-1-3-7-13/h;1-11H,12H2/q-1;+1. The molecule has 0 unspecified atom stereocenters. The van der Waals surface area contributed by atoms with Gasteiger partial charge in [-0.2, -0.15) is 4.57 Å². The van der Waals surface area contributed by atoms with Crippen molar-refractivity contribution in [2.75, 3.05) is 0 Å². The Hall–Kier alpha value is -6.68. The van der Waals surface area contributed by atoms with E-state index in [9.17, 15) is 57.1 Å². The molecule has 0 saturated heterocycles. The van der Waals surface area contributed by atoms with E-state index in [0.717, 1.165) is 16.5 Å². The molecule has 0 atom stereocenters. The van der Waals surface area contributed by atoms with Gasteiger partial charge in [-0.15, -0.1) is 26.2 Å². The van der Waals surface area contributed by atoms with Gasteiger partial charge in [-0.1, -0.05) is 42.5 Å². The minimum Gasteiger partial charge on any atom is -0.207 e. The van der Waals surface area contributed by atoms with Crippen molar-refractivity contribution in [1.82, 2.24) is 0 Å². The molecule has 63 heavy (non-hydrogen) atoms. The van der Waals surface area contributed by atoms with Crippen LogP contribution in [-0.4, -0.2) is 6.15 Å². The van der Waals surface area contributed by atoms with E-state index in [0.29, 0.717) is 6.54 Å². The third kappa shape index (κ3) is 7.06. The summed E-state index contributed by atoms with van der Waals surface area (Å²) in [6.07, 6.45) is -7.22. The van der Waals surface area contributed by atoms with E-state index >= 15 is 35.1 Å². The quantitative estimate of drug-likeness (QED) is 0.0392. The number of halogens is 21. The first-order valence-corrected chi connectivity index (χ1v) is 16.9. The van der Waals surface area contributed by atoms with Crippen molar-refractivity contribution in [3.63, 3.8) is 0 Å². The van der Waals surface area contributed by atoms with Crippen molar-refractivity contribution in [3.8, 4) is 0 Å². The summed E-state index contributed by atoms with van der Waals surface area (Å²) < 4.78 is 310. The van der Waals surface area contributed by atoms with Crippen molar-refractivity contribution >= 4 is 38.9 Å². The lowest BCUT2D eigenvalue weighted by Gasteiger charge is -2.44. The second kappa shape index (κ2) is 16.9. The molecule has 0 radical (unpaired) electrons. The minimum absolute atomic E-state index is 0.211. The number of rotatable bonds is 6. The Morgan fingerprint density at radius 1 is 0.286 bits per heavy atom. The highest BCUT2D eigenvalue weighted by Gasteiger charge is 2.52. The molecular formula is C40H13BF21N. The molecule has 0 bridgehead atoms. The van der Waals surface area contributed by atoms with Gasteiger partial charge in [0, 0.05) is 23.1 Å². The Bertz CT molecular complexity index is 2610. The van der Waals surface area contributed by atoms with Crippen LogP contribution >= 0.6 is 0 Å². The lowest BCUT2D eigenvalue weighted by molar-refractivity contribution is -0.691. The Balaban J connectivity index is 0.000000302. The maximum absolute atomic E-state index is 15.4. The maximum Gasteiger partial charge on any atom is 0.360 e. The number of hydrogen-bond donors (Lipinski definition) is 0. The Morgan fingerprint density at radius 2 is 0.556 bits per heavy atom. The Kier molecular flexibility index (Phi) is 12.3. The van der Waals surface area contributed by atoms with E-state index in [4.69, 9.17) is 0 Å². The zero-order valence-corrected chi connectivity index (χ0v) is 30.0. The van der Waals surface area contributed by atoms with Gasteiger partial charge >= 0.3 is 5.95 Å². The van der Waals surface area contributed by atoms with Crippen molar-refractivity contribution in [3.05, 3.63) is 195 Å². The molecule has 1 aromatic heterocycles. The van der Waals surface area contributed by atoms with Gasteiger partial charge in [-0.3, -0.25) is 0 Å². The summed E-state index contributed by atoms with van der Waals surface area (Å²) in [6, 6.07) is 21.1. The summed E-state index contributed by atoms with van der Waals surface area (Å²) in [5, 5.41) is 1.05. The monoisotopic (exact) mass is 917 g/mol. The van der Waals surface area contributed by atoms with Crippen LogP contribution in [0, 0.1) is 122 Å². The molecule has 1 heterocycles. The second-order valence-electron chi connectivity index (χ2n) is 13.1. The smallest absolute Gasteiger partial charge is 0.207 e. The summed E-state index contributed by atoms with van der Waals surface area (Å²) in [5.41, 5.74) is -12.3. The lowest BCUT2D eigenvalue weighted by atomic mass is 9.12. The topological polar surface area (TPSA) is 3.88 Å². The molecule has 7 rings (SSSR count). The van der Waals surface area contributed by atoms with Crippen molar-refractivity contribution in [2.45, 2.75) is 6.54 Å². The van der Waals surface area contributed by atoms with Crippen molar-refractivity contribution in [2.24, 2.45) is 0 Å². The lowest BCUT2D eigenvalue weighted by Crippen LogP contribution is -2.81. The Morgan fingerprint density at radius 3 is 0.873 bits per heavy atom. The fourth-order valence-electron chi connectivity index (χ4n) is 7.04. The van der Waals surface area contributed by atoms with Crippen LogP contribution < -0.4 is 26.4 Å². The number of pyridine rings is 1. The third-order valence-corrected chi connectivity index (χ3v) is 9.78. The fraction of sp³-hybridized carbons (Fsp3) is 0.0250. The van der Waals surface area contributed by atoms with Crippen molar-refractivity contribution < 1.29 is 96.8 Å². The molecule has 0 aliphatic rings. The first kappa shape index (κ1) is 45.8. The molecule has 0 fully saturated rings. The van der Waals surface area contributed by atoms with Gasteiger partial charge in [-0.05, 0) is 12.1 Å². The summed E-state index contributed by atoms with van der Waals surface area (Å²) >= 11 is 0. The van der Waals surface area contributed by atoms with Crippen LogP contribution in [0.2, 0.25) is 0 Å². The largest absolute Gasteiger partial charge is 0.360 e. The zero-order chi connectivity index (χ0) is 46.7. The van der Waals surface area contributed by atoms with E-state index in [1.54, 1.807) is 4.57 Å². The van der Waals surface area contributed by atoms with Crippen LogP contribution in [0.15, 0.2) is 66.7 Å². The first-order chi connectivity index (χ1) is 29.5. The second-order valence-corrected chi connectivity index (χ2v) is 13.1. The van der Waals surface area contributed by atoms with E-state index < -0.39 is 144 Å². The molecule has 23 heteroatoms. The molecule has 0 saturated carbocycles. The average molecular weight is 917 g/mol. The normalized spacial score (nSPS) is 11.6. The number of benzene rings is 6. The van der Waals surface area contributed by atoms with Gasteiger partial charge < -0.3 is 0 Å². The number of nitrogens with zero attached hydrogens (tertiary/aromatic N) is 1. The molecule has 7 aromatic rings. The molecule has 0 aliphatic carbocycles. The fourth-order valence-corrected chi connectivity index (χ4v) is 7.04. The summed E-state index contributed by atoms with van der Waals surface area (Å²) in [7, 11) is 0. The predicted molar refractivity (Wildman–Crippen MR) is 179 cm³/mol. The zero-order valence-electron chi connectivity index (χ0n) is 30.0. The van der Waals surface area contributed by atoms with Gasteiger partial charge in [0.15, 0.2) is 76.4 Å². The van der Waals surface area contributed by atoms with Gasteiger partial charge in [0.1, 0.15) is 52.7 Å². The molecule has 1 nitrogen and oxygen atoms in total. The number of fused-ring (bicyclic) bond motifs is 1. The molecule has 0 N–H and O–H groups in total. The van der Waals surface area contributed by atoms with Gasteiger partial charge in [-0.25, -0.2) is 87.8 Å². The number of para-hydroxylation sites is 1. The summed E-state index contributed by atoms with van der Waals surface area (Å²) in [5.74, 6) is -71.6. The number of hydrogen-bond acceptors (Lipinski definition) is 0. The van der Waals surface area contributed by atoms with Crippen molar-refractivity contribution in [1.29, 1.82) is 0 Å². The van der Waals surface area contributed by atoms with Gasteiger partial charge in [0.25, 0.3) is 0 Å². The Labute approximate surface area is 336 Å². The maximum atomic E-state index is 15.4. The molecular weight excluding hydrogens is 904 g/mol. The molecule has 328 valence electrons. The minimum atomic E-state index is -7.22. The van der Waals surface area contributed by atoms with Crippen LogP contribution in [0.25, 0.3) is 10.9 Å². The van der Waals surface area contributed by atoms with Crippen LogP contribution in [0.5, 0.6) is 0 Å². The highest BCUT2D eigenvalue weighted by Crippen LogP contribution is 2.31. The molecule has 0 aliphatic heterocycles. The van der Waals surface area contributed by atoms with Gasteiger partial charge in [0.05, 0.1) is 0 Å². The van der Waals surface area contributed by atoms with E-state index in [2.05, 4.69) is 0 Å².